The third kappa shape index (κ3) is 3.70. The van der Waals surface area contributed by atoms with Gasteiger partial charge < -0.3 is 9.47 Å². The largest absolute Gasteiger partial charge is 0.457 e. The fraction of sp³-hybridized carbons (Fsp3) is 0.273. The third-order valence-corrected chi connectivity index (χ3v) is 4.91. The van der Waals surface area contributed by atoms with Crippen LogP contribution in [-0.2, 0) is 29.2 Å². The van der Waals surface area contributed by atoms with Crippen LogP contribution < -0.4 is 0 Å². The fourth-order valence-electron chi connectivity index (χ4n) is 3.59. The predicted molar refractivity (Wildman–Crippen MR) is 103 cm³/mol. The molecule has 0 atom stereocenters. The molecule has 1 aliphatic rings. The summed E-state index contributed by atoms with van der Waals surface area (Å²) in [6.45, 7) is 3.30. The molecule has 0 unspecified atom stereocenters. The van der Waals surface area contributed by atoms with Crippen molar-refractivity contribution in [2.24, 2.45) is 0 Å². The summed E-state index contributed by atoms with van der Waals surface area (Å²) in [6, 6.07) is 16.0. The molecule has 0 spiro atoms. The molecule has 2 heterocycles. The van der Waals surface area contributed by atoms with Gasteiger partial charge in [-0.3, -0.25) is 9.88 Å². The minimum Gasteiger partial charge on any atom is -0.457 e. The van der Waals surface area contributed by atoms with E-state index in [0.29, 0.717) is 18.8 Å². The van der Waals surface area contributed by atoms with Gasteiger partial charge in [-0.05, 0) is 34.7 Å². The van der Waals surface area contributed by atoms with Gasteiger partial charge in [0.1, 0.15) is 6.61 Å². The molecule has 5 nitrogen and oxygen atoms in total. The Morgan fingerprint density at radius 1 is 1.11 bits per heavy atom. The molecule has 0 radical (unpaired) electrons. The number of ether oxygens (including phenoxy) is 2. The van der Waals surface area contributed by atoms with E-state index in [0.717, 1.165) is 41.7 Å². The van der Waals surface area contributed by atoms with Gasteiger partial charge in [0.15, 0.2) is 0 Å². The summed E-state index contributed by atoms with van der Waals surface area (Å²) < 4.78 is 10.6. The Morgan fingerprint density at radius 3 is 2.85 bits per heavy atom. The van der Waals surface area contributed by atoms with Crippen LogP contribution in [0.5, 0.6) is 0 Å². The van der Waals surface area contributed by atoms with Crippen LogP contribution in [0.1, 0.15) is 27.2 Å². The summed E-state index contributed by atoms with van der Waals surface area (Å²) in [7, 11) is 1.72. The van der Waals surface area contributed by atoms with Gasteiger partial charge in [0.05, 0.1) is 17.9 Å². The molecule has 5 heteroatoms. The molecule has 0 bridgehead atoms. The van der Waals surface area contributed by atoms with Gasteiger partial charge in [-0.2, -0.15) is 0 Å². The third-order valence-electron chi connectivity index (χ3n) is 4.91. The molecule has 4 rings (SSSR count). The highest BCUT2D eigenvalue weighted by molar-refractivity contribution is 6.08. The van der Waals surface area contributed by atoms with Crippen LogP contribution in [0.15, 0.2) is 54.7 Å². The van der Waals surface area contributed by atoms with Crippen molar-refractivity contribution in [1.29, 1.82) is 0 Å². The predicted octanol–water partition coefficient (Wildman–Crippen LogP) is 3.55. The molecule has 1 aromatic heterocycles. The van der Waals surface area contributed by atoms with Gasteiger partial charge in [-0.25, -0.2) is 4.79 Å². The van der Waals surface area contributed by atoms with Crippen LogP contribution in [0.4, 0.5) is 0 Å². The van der Waals surface area contributed by atoms with E-state index < -0.39 is 0 Å². The van der Waals surface area contributed by atoms with Crippen molar-refractivity contribution in [3.05, 3.63) is 77.1 Å². The highest BCUT2D eigenvalue weighted by atomic mass is 16.5. The van der Waals surface area contributed by atoms with Crippen molar-refractivity contribution in [3.63, 3.8) is 0 Å². The van der Waals surface area contributed by atoms with Crippen molar-refractivity contribution in [2.75, 3.05) is 20.3 Å². The molecule has 0 amide bonds. The van der Waals surface area contributed by atoms with E-state index in [1.807, 2.05) is 36.5 Å². The lowest BCUT2D eigenvalue weighted by Gasteiger charge is -2.24. The van der Waals surface area contributed by atoms with Crippen LogP contribution in [0, 0.1) is 0 Å². The number of hydrogen-bond donors (Lipinski definition) is 0. The van der Waals surface area contributed by atoms with E-state index >= 15 is 0 Å². The Hall–Kier alpha value is -2.76. The van der Waals surface area contributed by atoms with Gasteiger partial charge in [0, 0.05) is 38.3 Å². The molecule has 1 aliphatic heterocycles. The first-order valence-electron chi connectivity index (χ1n) is 9.08. The smallest absolute Gasteiger partial charge is 0.339 e. The number of pyridine rings is 1. The lowest BCUT2D eigenvalue weighted by Crippen LogP contribution is -2.27. The van der Waals surface area contributed by atoms with E-state index in [1.165, 1.54) is 5.56 Å². The summed E-state index contributed by atoms with van der Waals surface area (Å²) >= 11 is 0. The quantitative estimate of drug-likeness (QED) is 0.602. The Morgan fingerprint density at radius 2 is 2.04 bits per heavy atom. The molecule has 0 aliphatic carbocycles. The summed E-state index contributed by atoms with van der Waals surface area (Å²) in [5.74, 6) is -0.241. The average molecular weight is 362 g/mol. The second-order valence-corrected chi connectivity index (χ2v) is 6.71. The summed E-state index contributed by atoms with van der Waals surface area (Å²) in [5.41, 5.74) is 3.94. The first-order chi connectivity index (χ1) is 13.3. The SMILES string of the molecule is COCCN(Cc1ccccn1)Cc1ccc2c3c(cccc13)C(=O)OC2. The zero-order chi connectivity index (χ0) is 18.6. The minimum atomic E-state index is -0.241. The number of cyclic esters (lactones) is 1. The standard InChI is InChI=1S/C22H22N2O3/c1-26-12-11-24(14-18-5-2-3-10-23-18)13-16-8-9-17-15-27-22(25)20-7-4-6-19(16)21(17)20/h2-10H,11-15H2,1H3. The normalized spacial score (nSPS) is 13.2. The molecule has 0 saturated carbocycles. The number of aromatic nitrogens is 1. The number of nitrogens with zero attached hydrogens (tertiary/aromatic N) is 2. The lowest BCUT2D eigenvalue weighted by atomic mass is 9.94. The molecule has 0 N–H and O–H groups in total. The van der Waals surface area contributed by atoms with Crippen molar-refractivity contribution in [2.45, 2.75) is 19.7 Å². The van der Waals surface area contributed by atoms with Crippen LogP contribution in [0.2, 0.25) is 0 Å². The summed E-state index contributed by atoms with van der Waals surface area (Å²) in [4.78, 5) is 18.9. The molecule has 138 valence electrons. The topological polar surface area (TPSA) is 51.7 Å². The number of hydrogen-bond acceptors (Lipinski definition) is 5. The number of esters is 1. The number of methoxy groups -OCH3 is 1. The van der Waals surface area contributed by atoms with Crippen LogP contribution >= 0.6 is 0 Å². The maximum absolute atomic E-state index is 12.1. The second-order valence-electron chi connectivity index (χ2n) is 6.71. The summed E-state index contributed by atoms with van der Waals surface area (Å²) in [6.07, 6.45) is 1.82. The van der Waals surface area contributed by atoms with Crippen molar-refractivity contribution in [3.8, 4) is 0 Å². The lowest BCUT2D eigenvalue weighted by molar-refractivity contribution is 0.0463. The number of benzene rings is 2. The highest BCUT2D eigenvalue weighted by Gasteiger charge is 2.22. The molecule has 0 saturated heterocycles. The Kier molecular flexibility index (Phi) is 5.14. The van der Waals surface area contributed by atoms with Crippen molar-refractivity contribution in [1.82, 2.24) is 9.88 Å². The zero-order valence-electron chi connectivity index (χ0n) is 15.4. The molecule has 0 fully saturated rings. The molecule has 27 heavy (non-hydrogen) atoms. The Balaban J connectivity index is 1.67. The van der Waals surface area contributed by atoms with Crippen LogP contribution in [0.3, 0.4) is 0 Å². The first-order valence-corrected chi connectivity index (χ1v) is 9.08. The maximum atomic E-state index is 12.1. The highest BCUT2D eigenvalue weighted by Crippen LogP contribution is 2.31. The van der Waals surface area contributed by atoms with Gasteiger partial charge in [-0.15, -0.1) is 0 Å². The molecule has 3 aromatic rings. The van der Waals surface area contributed by atoms with E-state index in [-0.39, 0.29) is 5.97 Å². The fourth-order valence-corrected chi connectivity index (χ4v) is 3.59. The summed E-state index contributed by atoms with van der Waals surface area (Å²) in [5, 5.41) is 2.14. The molecular weight excluding hydrogens is 340 g/mol. The maximum Gasteiger partial charge on any atom is 0.339 e. The van der Waals surface area contributed by atoms with Gasteiger partial charge >= 0.3 is 5.97 Å². The number of carbonyl (C=O) groups excluding carboxylic acids is 1. The average Bonchev–Trinajstić information content (AvgIpc) is 2.71. The molecule has 2 aromatic carbocycles. The molecular formula is C22H22N2O3. The van der Waals surface area contributed by atoms with Crippen molar-refractivity contribution < 1.29 is 14.3 Å². The van der Waals surface area contributed by atoms with Gasteiger partial charge in [-0.1, -0.05) is 30.3 Å². The number of carbonyl (C=O) groups is 1. The second kappa shape index (κ2) is 7.86. The Bertz CT molecular complexity index is 956. The number of rotatable bonds is 7. The van der Waals surface area contributed by atoms with Gasteiger partial charge in [0.2, 0.25) is 0 Å². The van der Waals surface area contributed by atoms with E-state index in [1.54, 1.807) is 7.11 Å². The van der Waals surface area contributed by atoms with Gasteiger partial charge in [0.25, 0.3) is 0 Å². The van der Waals surface area contributed by atoms with Crippen LogP contribution in [-0.4, -0.2) is 36.1 Å². The minimum absolute atomic E-state index is 0.241. The van der Waals surface area contributed by atoms with Crippen molar-refractivity contribution >= 4 is 16.7 Å². The van der Waals surface area contributed by atoms with E-state index in [9.17, 15) is 4.79 Å². The monoisotopic (exact) mass is 362 g/mol. The Labute approximate surface area is 158 Å². The first kappa shape index (κ1) is 17.6. The zero-order valence-corrected chi connectivity index (χ0v) is 15.4. The van der Waals surface area contributed by atoms with Crippen LogP contribution in [0.25, 0.3) is 10.8 Å². The van der Waals surface area contributed by atoms with E-state index in [4.69, 9.17) is 9.47 Å². The van der Waals surface area contributed by atoms with E-state index in [2.05, 4.69) is 28.1 Å².